The Morgan fingerprint density at radius 3 is 2.67 bits per heavy atom. The molecular formula is C26H31ClN4O5. The number of hydrogen-bond donors (Lipinski definition) is 3. The van der Waals surface area contributed by atoms with E-state index in [1.807, 2.05) is 30.3 Å². The van der Waals surface area contributed by atoms with Crippen molar-refractivity contribution in [2.75, 3.05) is 32.8 Å². The van der Waals surface area contributed by atoms with Crippen LogP contribution in [-0.2, 0) is 20.8 Å². The Labute approximate surface area is 215 Å². The van der Waals surface area contributed by atoms with Crippen LogP contribution >= 0.6 is 11.6 Å². The summed E-state index contributed by atoms with van der Waals surface area (Å²) in [5.74, 6) is -0.966. The minimum Gasteiger partial charge on any atom is -0.491 e. The van der Waals surface area contributed by atoms with Gasteiger partial charge in [-0.3, -0.25) is 19.2 Å². The summed E-state index contributed by atoms with van der Waals surface area (Å²) in [5.41, 5.74) is 1.31. The van der Waals surface area contributed by atoms with Gasteiger partial charge in [-0.15, -0.1) is 0 Å². The minimum atomic E-state index is -0.427. The highest BCUT2D eigenvalue weighted by atomic mass is 35.5. The highest BCUT2D eigenvalue weighted by molar-refractivity contribution is 6.31. The molecule has 9 nitrogen and oxygen atoms in total. The fourth-order valence-electron chi connectivity index (χ4n) is 3.82. The first-order valence-electron chi connectivity index (χ1n) is 11.9. The molecule has 10 heteroatoms. The highest BCUT2D eigenvalue weighted by Crippen LogP contribution is 2.23. The van der Waals surface area contributed by atoms with Crippen LogP contribution in [0.4, 0.5) is 0 Å². The third-order valence-corrected chi connectivity index (χ3v) is 5.87. The van der Waals surface area contributed by atoms with E-state index in [2.05, 4.69) is 16.0 Å². The van der Waals surface area contributed by atoms with Gasteiger partial charge < -0.3 is 25.6 Å². The van der Waals surface area contributed by atoms with Crippen LogP contribution in [0.1, 0.15) is 35.7 Å². The standard InChI is InChI=1S/C26H31ClN4O5/c1-18(32)29-15-25(34)31-12-6-5-11-28-26(35)22-14-20(27)9-10-23(22)36-17-21(30-24(33)16-31)13-19-7-3-2-4-8-19/h2-4,7-10,14,21H,5-6,11-13,15-17H2,1H3,(H,28,35)(H,29,32)(H,30,33)/t21-/m1/s1. The lowest BCUT2D eigenvalue weighted by atomic mass is 10.1. The monoisotopic (exact) mass is 514 g/mol. The maximum absolute atomic E-state index is 13.0. The Hall–Kier alpha value is -3.59. The fraction of sp³-hybridized carbons (Fsp3) is 0.385. The number of ether oxygens (including phenoxy) is 1. The third kappa shape index (κ3) is 8.57. The van der Waals surface area contributed by atoms with Crippen LogP contribution in [0.25, 0.3) is 0 Å². The van der Waals surface area contributed by atoms with Gasteiger partial charge in [0.15, 0.2) is 0 Å². The predicted molar refractivity (Wildman–Crippen MR) is 136 cm³/mol. The van der Waals surface area contributed by atoms with Crippen LogP contribution in [0.15, 0.2) is 48.5 Å². The van der Waals surface area contributed by atoms with Gasteiger partial charge in [-0.1, -0.05) is 41.9 Å². The van der Waals surface area contributed by atoms with Gasteiger partial charge in [0.25, 0.3) is 5.91 Å². The summed E-state index contributed by atoms with van der Waals surface area (Å²) in [6.07, 6.45) is 1.64. The topological polar surface area (TPSA) is 117 Å². The molecule has 1 atom stereocenters. The predicted octanol–water partition coefficient (Wildman–Crippen LogP) is 1.93. The summed E-state index contributed by atoms with van der Waals surface area (Å²) < 4.78 is 6.00. The number of amides is 4. The number of fused-ring (bicyclic) bond motifs is 1. The molecule has 0 unspecified atom stereocenters. The Bertz CT molecular complexity index is 1080. The van der Waals surface area contributed by atoms with E-state index in [0.29, 0.717) is 48.7 Å². The smallest absolute Gasteiger partial charge is 0.255 e. The van der Waals surface area contributed by atoms with Crippen LogP contribution in [0, 0.1) is 0 Å². The number of benzene rings is 2. The van der Waals surface area contributed by atoms with Gasteiger partial charge in [0.05, 0.1) is 24.7 Å². The van der Waals surface area contributed by atoms with Crippen molar-refractivity contribution in [1.82, 2.24) is 20.9 Å². The molecule has 192 valence electrons. The minimum absolute atomic E-state index is 0.0996. The largest absolute Gasteiger partial charge is 0.491 e. The Morgan fingerprint density at radius 1 is 1.14 bits per heavy atom. The van der Waals surface area contributed by atoms with Crippen LogP contribution in [0.3, 0.4) is 0 Å². The summed E-state index contributed by atoms with van der Waals surface area (Å²) in [7, 11) is 0. The van der Waals surface area contributed by atoms with Crippen molar-refractivity contribution >= 4 is 35.2 Å². The lowest BCUT2D eigenvalue weighted by Crippen LogP contribution is -2.49. The van der Waals surface area contributed by atoms with Gasteiger partial charge in [-0.05, 0) is 43.0 Å². The molecule has 0 radical (unpaired) electrons. The molecule has 0 saturated heterocycles. The molecule has 4 amide bonds. The number of carbonyl (C=O) groups excluding carboxylic acids is 4. The Morgan fingerprint density at radius 2 is 1.92 bits per heavy atom. The van der Waals surface area contributed by atoms with Gasteiger partial charge in [-0.2, -0.15) is 0 Å². The maximum atomic E-state index is 13.0. The first kappa shape index (κ1) is 27.0. The van der Waals surface area contributed by atoms with Crippen LogP contribution in [0.2, 0.25) is 5.02 Å². The summed E-state index contributed by atoms with van der Waals surface area (Å²) >= 11 is 6.13. The molecule has 3 N–H and O–H groups in total. The van der Waals surface area contributed by atoms with Crippen molar-refractivity contribution in [1.29, 1.82) is 0 Å². The number of nitrogens with zero attached hydrogens (tertiary/aromatic N) is 1. The molecule has 0 aliphatic carbocycles. The first-order valence-corrected chi connectivity index (χ1v) is 12.3. The molecule has 36 heavy (non-hydrogen) atoms. The van der Waals surface area contributed by atoms with Crippen LogP contribution in [-0.4, -0.2) is 67.4 Å². The molecule has 0 bridgehead atoms. The van der Waals surface area contributed by atoms with E-state index in [1.54, 1.807) is 18.2 Å². The van der Waals surface area contributed by atoms with Gasteiger partial charge in [0, 0.05) is 25.0 Å². The lowest BCUT2D eigenvalue weighted by Gasteiger charge is -2.25. The van der Waals surface area contributed by atoms with Gasteiger partial charge >= 0.3 is 0 Å². The number of halogens is 1. The molecular weight excluding hydrogens is 484 g/mol. The average Bonchev–Trinajstić information content (AvgIpc) is 2.85. The van der Waals surface area contributed by atoms with Crippen molar-refractivity contribution in [2.24, 2.45) is 0 Å². The average molecular weight is 515 g/mol. The lowest BCUT2D eigenvalue weighted by molar-refractivity contribution is -0.136. The van der Waals surface area contributed by atoms with Gasteiger partial charge in [-0.25, -0.2) is 0 Å². The van der Waals surface area contributed by atoms with E-state index in [-0.39, 0.29) is 43.3 Å². The van der Waals surface area contributed by atoms with Crippen molar-refractivity contribution < 1.29 is 23.9 Å². The second-order valence-electron chi connectivity index (χ2n) is 8.59. The zero-order chi connectivity index (χ0) is 25.9. The fourth-order valence-corrected chi connectivity index (χ4v) is 3.99. The summed E-state index contributed by atoms with van der Waals surface area (Å²) in [5, 5.41) is 8.72. The quantitative estimate of drug-likeness (QED) is 0.576. The SMILES string of the molecule is CC(=O)NCC(=O)N1CCCCNC(=O)c2cc(Cl)ccc2OC[C@@H](Cc2ccccc2)NC(=O)C1. The molecule has 1 aliphatic heterocycles. The second kappa shape index (κ2) is 13.5. The summed E-state index contributed by atoms with van der Waals surface area (Å²) in [6.45, 7) is 1.77. The van der Waals surface area contributed by atoms with Crippen molar-refractivity contribution in [3.63, 3.8) is 0 Å². The number of carbonyl (C=O) groups is 4. The molecule has 1 aliphatic rings. The van der Waals surface area contributed by atoms with Crippen molar-refractivity contribution in [3.05, 3.63) is 64.7 Å². The Balaban J connectivity index is 1.82. The molecule has 2 aromatic carbocycles. The summed E-state index contributed by atoms with van der Waals surface area (Å²) in [6, 6.07) is 14.0. The van der Waals surface area contributed by atoms with E-state index in [0.717, 1.165) is 5.56 Å². The van der Waals surface area contributed by atoms with E-state index in [1.165, 1.54) is 11.8 Å². The second-order valence-corrected chi connectivity index (χ2v) is 9.03. The van der Waals surface area contributed by atoms with Crippen molar-refractivity contribution in [2.45, 2.75) is 32.2 Å². The first-order chi connectivity index (χ1) is 17.3. The van der Waals surface area contributed by atoms with Crippen LogP contribution < -0.4 is 20.7 Å². The number of nitrogens with one attached hydrogen (secondary N) is 3. The molecule has 0 aromatic heterocycles. The van der Waals surface area contributed by atoms with E-state index >= 15 is 0 Å². The third-order valence-electron chi connectivity index (χ3n) is 5.63. The molecule has 0 saturated carbocycles. The zero-order valence-electron chi connectivity index (χ0n) is 20.2. The molecule has 1 heterocycles. The number of hydrogen-bond acceptors (Lipinski definition) is 5. The molecule has 3 rings (SSSR count). The van der Waals surface area contributed by atoms with Gasteiger partial charge in [0.1, 0.15) is 12.4 Å². The molecule has 0 spiro atoms. The van der Waals surface area contributed by atoms with E-state index in [9.17, 15) is 19.2 Å². The van der Waals surface area contributed by atoms with Crippen LogP contribution in [0.5, 0.6) is 5.75 Å². The number of rotatable bonds is 4. The highest BCUT2D eigenvalue weighted by Gasteiger charge is 2.22. The van der Waals surface area contributed by atoms with E-state index < -0.39 is 6.04 Å². The van der Waals surface area contributed by atoms with Gasteiger partial charge in [0.2, 0.25) is 17.7 Å². The van der Waals surface area contributed by atoms with E-state index in [4.69, 9.17) is 16.3 Å². The summed E-state index contributed by atoms with van der Waals surface area (Å²) in [4.78, 5) is 51.1. The van der Waals surface area contributed by atoms with Crippen molar-refractivity contribution in [3.8, 4) is 5.75 Å². The zero-order valence-corrected chi connectivity index (χ0v) is 21.0. The maximum Gasteiger partial charge on any atom is 0.255 e. The molecule has 0 fully saturated rings. The Kier molecular flexibility index (Phi) is 10.1. The normalized spacial score (nSPS) is 17.4. The molecule has 2 aromatic rings.